The maximum Gasteiger partial charge on any atom is 0.0472 e. The summed E-state index contributed by atoms with van der Waals surface area (Å²) in [7, 11) is 2.10. The summed E-state index contributed by atoms with van der Waals surface area (Å²) in [5.41, 5.74) is 0.470. The minimum atomic E-state index is 0.470. The monoisotopic (exact) mass is 266 g/mol. The molecule has 0 aromatic rings. The molecule has 2 aliphatic heterocycles. The van der Waals surface area contributed by atoms with E-state index in [1.165, 1.54) is 58.0 Å². The largest absolute Gasteiger partial charge is 0.381 e. The highest BCUT2D eigenvalue weighted by Crippen LogP contribution is 2.40. The van der Waals surface area contributed by atoms with Crippen molar-refractivity contribution in [2.24, 2.45) is 11.3 Å². The lowest BCUT2D eigenvalue weighted by atomic mass is 9.78. The molecule has 19 heavy (non-hydrogen) atoms. The molecule has 3 nitrogen and oxygen atoms in total. The Hall–Kier alpha value is -0.120. The Kier molecular flexibility index (Phi) is 4.45. The molecule has 1 aliphatic carbocycles. The Bertz CT molecular complexity index is 283. The summed E-state index contributed by atoms with van der Waals surface area (Å²) in [5, 5.41) is 3.45. The van der Waals surface area contributed by atoms with Gasteiger partial charge in [-0.3, -0.25) is 4.90 Å². The summed E-state index contributed by atoms with van der Waals surface area (Å²) >= 11 is 0. The van der Waals surface area contributed by atoms with Gasteiger partial charge >= 0.3 is 0 Å². The van der Waals surface area contributed by atoms with Gasteiger partial charge in [0.15, 0.2) is 0 Å². The third-order valence-electron chi connectivity index (χ3n) is 5.75. The lowest BCUT2D eigenvalue weighted by Crippen LogP contribution is -2.52. The number of rotatable bonds is 4. The molecule has 0 radical (unpaired) electrons. The highest BCUT2D eigenvalue weighted by molar-refractivity contribution is 4.94. The first-order valence-electron chi connectivity index (χ1n) is 8.29. The molecule has 0 amide bonds. The van der Waals surface area contributed by atoms with Crippen LogP contribution in [0.15, 0.2) is 0 Å². The molecule has 2 atom stereocenters. The van der Waals surface area contributed by atoms with E-state index in [1.807, 2.05) is 0 Å². The Balaban J connectivity index is 1.66. The molecular formula is C16H30N2O. The van der Waals surface area contributed by atoms with E-state index in [9.17, 15) is 0 Å². The number of fused-ring (bicyclic) bond motifs is 1. The zero-order chi connectivity index (χ0) is 13.1. The van der Waals surface area contributed by atoms with Gasteiger partial charge in [0.05, 0.1) is 0 Å². The molecule has 1 saturated carbocycles. The highest BCUT2D eigenvalue weighted by atomic mass is 16.5. The van der Waals surface area contributed by atoms with Crippen molar-refractivity contribution in [1.82, 2.24) is 10.2 Å². The lowest BCUT2D eigenvalue weighted by Gasteiger charge is -2.46. The van der Waals surface area contributed by atoms with Crippen LogP contribution in [0.3, 0.4) is 0 Å². The molecule has 0 bridgehead atoms. The number of ether oxygens (including phenoxy) is 1. The van der Waals surface area contributed by atoms with Gasteiger partial charge in [0.25, 0.3) is 0 Å². The van der Waals surface area contributed by atoms with Crippen molar-refractivity contribution in [3.63, 3.8) is 0 Å². The second-order valence-electron chi connectivity index (χ2n) is 7.01. The van der Waals surface area contributed by atoms with Gasteiger partial charge in [0, 0.05) is 32.3 Å². The van der Waals surface area contributed by atoms with Crippen molar-refractivity contribution < 1.29 is 4.74 Å². The summed E-state index contributed by atoms with van der Waals surface area (Å²) in [4.78, 5) is 2.85. The molecule has 0 aromatic heterocycles. The Morgan fingerprint density at radius 2 is 1.95 bits per heavy atom. The average Bonchev–Trinajstić information content (AvgIpc) is 2.89. The molecule has 2 heterocycles. The van der Waals surface area contributed by atoms with Crippen LogP contribution in [-0.2, 0) is 4.74 Å². The van der Waals surface area contributed by atoms with E-state index in [0.717, 1.165) is 31.7 Å². The zero-order valence-electron chi connectivity index (χ0n) is 12.5. The van der Waals surface area contributed by atoms with Gasteiger partial charge in [-0.2, -0.15) is 0 Å². The second-order valence-corrected chi connectivity index (χ2v) is 7.01. The van der Waals surface area contributed by atoms with Crippen LogP contribution < -0.4 is 5.32 Å². The molecule has 3 aliphatic rings. The minimum Gasteiger partial charge on any atom is -0.381 e. The number of likely N-dealkylation sites (tertiary alicyclic amines) is 1. The van der Waals surface area contributed by atoms with Crippen LogP contribution >= 0.6 is 0 Å². The topological polar surface area (TPSA) is 24.5 Å². The molecular weight excluding hydrogens is 236 g/mol. The van der Waals surface area contributed by atoms with Crippen molar-refractivity contribution in [3.05, 3.63) is 0 Å². The van der Waals surface area contributed by atoms with E-state index < -0.39 is 0 Å². The fourth-order valence-electron chi connectivity index (χ4n) is 4.75. The highest BCUT2D eigenvalue weighted by Gasteiger charge is 2.40. The van der Waals surface area contributed by atoms with Gasteiger partial charge in [-0.25, -0.2) is 0 Å². The number of nitrogens with one attached hydrogen (secondary N) is 1. The summed E-state index contributed by atoms with van der Waals surface area (Å²) in [5.74, 6) is 1.01. The van der Waals surface area contributed by atoms with Crippen LogP contribution in [0.5, 0.6) is 0 Å². The molecule has 3 fully saturated rings. The van der Waals surface area contributed by atoms with E-state index >= 15 is 0 Å². The number of piperidine rings is 1. The molecule has 0 aromatic carbocycles. The molecule has 3 heteroatoms. The van der Waals surface area contributed by atoms with Crippen molar-refractivity contribution in [2.75, 3.05) is 39.9 Å². The number of nitrogens with zero attached hydrogens (tertiary/aromatic N) is 1. The minimum absolute atomic E-state index is 0.470. The van der Waals surface area contributed by atoms with Crippen LogP contribution in [0.25, 0.3) is 0 Å². The van der Waals surface area contributed by atoms with Gasteiger partial charge < -0.3 is 10.1 Å². The molecule has 0 spiro atoms. The fraction of sp³-hybridized carbons (Fsp3) is 1.00. The van der Waals surface area contributed by atoms with Gasteiger partial charge in [-0.1, -0.05) is 6.42 Å². The smallest absolute Gasteiger partial charge is 0.0472 e. The maximum atomic E-state index is 5.60. The Morgan fingerprint density at radius 1 is 1.16 bits per heavy atom. The van der Waals surface area contributed by atoms with Gasteiger partial charge in [0.1, 0.15) is 0 Å². The van der Waals surface area contributed by atoms with Gasteiger partial charge in [-0.05, 0) is 63.5 Å². The van der Waals surface area contributed by atoms with Crippen molar-refractivity contribution in [1.29, 1.82) is 0 Å². The van der Waals surface area contributed by atoms with Crippen molar-refractivity contribution in [3.8, 4) is 0 Å². The molecule has 1 N–H and O–H groups in total. The Labute approximate surface area is 118 Å². The average molecular weight is 266 g/mol. The summed E-state index contributed by atoms with van der Waals surface area (Å²) in [6.45, 7) is 5.73. The first kappa shape index (κ1) is 13.8. The molecule has 2 saturated heterocycles. The normalized spacial score (nSPS) is 35.2. The van der Waals surface area contributed by atoms with E-state index in [-0.39, 0.29) is 0 Å². The molecule has 3 rings (SSSR count). The lowest BCUT2D eigenvalue weighted by molar-refractivity contribution is -0.0214. The second kappa shape index (κ2) is 6.11. The van der Waals surface area contributed by atoms with Crippen molar-refractivity contribution >= 4 is 0 Å². The van der Waals surface area contributed by atoms with E-state index in [1.54, 1.807) is 0 Å². The van der Waals surface area contributed by atoms with E-state index in [4.69, 9.17) is 4.74 Å². The third-order valence-corrected chi connectivity index (χ3v) is 5.75. The van der Waals surface area contributed by atoms with Gasteiger partial charge in [-0.15, -0.1) is 0 Å². The van der Waals surface area contributed by atoms with E-state index in [2.05, 4.69) is 17.3 Å². The Morgan fingerprint density at radius 3 is 2.74 bits per heavy atom. The van der Waals surface area contributed by atoms with Crippen molar-refractivity contribution in [2.45, 2.75) is 51.0 Å². The van der Waals surface area contributed by atoms with Crippen LogP contribution in [0, 0.1) is 11.3 Å². The number of hydrogen-bond donors (Lipinski definition) is 1. The zero-order valence-corrected chi connectivity index (χ0v) is 12.5. The standard InChI is InChI=1S/C16H30N2O/c1-17-12-16(7-10-19-11-8-16)13-18-9-3-5-14-4-2-6-15(14)18/h14-15,17H,2-13H2,1H3. The third kappa shape index (κ3) is 2.98. The SMILES string of the molecule is CNCC1(CN2CCCC3CCCC32)CCOCC1. The van der Waals surface area contributed by atoms with Crippen LogP contribution in [0.4, 0.5) is 0 Å². The summed E-state index contributed by atoms with van der Waals surface area (Å²) < 4.78 is 5.60. The summed E-state index contributed by atoms with van der Waals surface area (Å²) in [6.07, 6.45) is 9.80. The quantitative estimate of drug-likeness (QED) is 0.845. The first-order valence-corrected chi connectivity index (χ1v) is 8.29. The van der Waals surface area contributed by atoms with Crippen LogP contribution in [-0.4, -0.2) is 50.8 Å². The predicted molar refractivity (Wildman–Crippen MR) is 78.3 cm³/mol. The maximum absolute atomic E-state index is 5.60. The van der Waals surface area contributed by atoms with E-state index in [0.29, 0.717) is 5.41 Å². The van der Waals surface area contributed by atoms with Crippen LogP contribution in [0.2, 0.25) is 0 Å². The fourth-order valence-corrected chi connectivity index (χ4v) is 4.75. The number of hydrogen-bond acceptors (Lipinski definition) is 3. The molecule has 2 unspecified atom stereocenters. The predicted octanol–water partition coefficient (Wildman–Crippen LogP) is 2.27. The summed E-state index contributed by atoms with van der Waals surface area (Å²) in [6, 6.07) is 0.908. The first-order chi connectivity index (χ1) is 9.33. The van der Waals surface area contributed by atoms with Gasteiger partial charge in [0.2, 0.25) is 0 Å². The molecule has 110 valence electrons. The van der Waals surface area contributed by atoms with Crippen LogP contribution in [0.1, 0.15) is 44.9 Å².